The summed E-state index contributed by atoms with van der Waals surface area (Å²) in [5.41, 5.74) is -0.336. The highest BCUT2D eigenvalue weighted by Crippen LogP contribution is 2.29. The lowest BCUT2D eigenvalue weighted by atomic mass is 10.2. The second-order valence-corrected chi connectivity index (χ2v) is 5.26. The van der Waals surface area contributed by atoms with Gasteiger partial charge >= 0.3 is 11.7 Å². The molecule has 1 unspecified atom stereocenters. The van der Waals surface area contributed by atoms with Crippen molar-refractivity contribution in [1.82, 2.24) is 9.88 Å². The van der Waals surface area contributed by atoms with Crippen LogP contribution in [0.4, 0.5) is 11.5 Å². The summed E-state index contributed by atoms with van der Waals surface area (Å²) in [6, 6.07) is 2.40. The number of anilines is 1. The van der Waals surface area contributed by atoms with Crippen LogP contribution in [-0.4, -0.2) is 58.6 Å². The van der Waals surface area contributed by atoms with E-state index in [0.717, 1.165) is 19.5 Å². The summed E-state index contributed by atoms with van der Waals surface area (Å²) in [4.78, 5) is 29.7. The minimum atomic E-state index is -1.19. The van der Waals surface area contributed by atoms with Crippen LogP contribution in [0.15, 0.2) is 12.1 Å². The van der Waals surface area contributed by atoms with Crippen LogP contribution in [0.5, 0.6) is 0 Å². The monoisotopic (exact) mass is 294 g/mol. The van der Waals surface area contributed by atoms with Gasteiger partial charge in [0.05, 0.1) is 4.92 Å². The number of carboxylic acid groups (broad SMARTS) is 1. The van der Waals surface area contributed by atoms with Gasteiger partial charge in [0.1, 0.15) is 0 Å². The molecule has 0 spiro atoms. The molecule has 0 aliphatic carbocycles. The lowest BCUT2D eigenvalue weighted by molar-refractivity contribution is -0.384. The van der Waals surface area contributed by atoms with Gasteiger partial charge in [-0.3, -0.25) is 10.1 Å². The fraction of sp³-hybridized carbons (Fsp3) is 0.538. The quantitative estimate of drug-likeness (QED) is 0.660. The van der Waals surface area contributed by atoms with Gasteiger partial charge in [-0.15, -0.1) is 0 Å². The maximum atomic E-state index is 11.2. The fourth-order valence-electron chi connectivity index (χ4n) is 2.60. The van der Waals surface area contributed by atoms with E-state index in [1.54, 1.807) is 0 Å². The van der Waals surface area contributed by atoms with Gasteiger partial charge in [-0.25, -0.2) is 9.78 Å². The molecule has 114 valence electrons. The molecule has 8 heteroatoms. The number of hydrogen-bond acceptors (Lipinski definition) is 6. The number of likely N-dealkylation sites (N-methyl/N-ethyl adjacent to an activating group) is 1. The van der Waals surface area contributed by atoms with Crippen LogP contribution >= 0.6 is 0 Å². The molecule has 21 heavy (non-hydrogen) atoms. The molecule has 2 rings (SSSR count). The first-order valence-electron chi connectivity index (χ1n) is 6.74. The minimum Gasteiger partial charge on any atom is -0.477 e. The van der Waals surface area contributed by atoms with Crippen LogP contribution in [0.2, 0.25) is 0 Å². The van der Waals surface area contributed by atoms with Crippen molar-refractivity contribution in [2.45, 2.75) is 19.4 Å². The first-order chi connectivity index (χ1) is 9.90. The summed E-state index contributed by atoms with van der Waals surface area (Å²) < 4.78 is 0. The molecule has 0 radical (unpaired) electrons. The number of nitro groups is 1. The number of rotatable bonds is 3. The third-order valence-corrected chi connectivity index (χ3v) is 3.59. The van der Waals surface area contributed by atoms with Gasteiger partial charge in [-0.05, 0) is 33.0 Å². The standard InChI is InChI=1S/C13H18N4O4/c1-9-8-15(2)6-3-7-16(9)12-11(17(20)21)5-4-10(14-12)13(18)19/h4-5,9H,3,6-8H2,1-2H3,(H,18,19). The molecule has 1 N–H and O–H groups in total. The van der Waals surface area contributed by atoms with E-state index < -0.39 is 10.9 Å². The topological polar surface area (TPSA) is 99.8 Å². The van der Waals surface area contributed by atoms with Crippen molar-refractivity contribution < 1.29 is 14.8 Å². The zero-order chi connectivity index (χ0) is 15.6. The average Bonchev–Trinajstić information content (AvgIpc) is 2.58. The normalized spacial score (nSPS) is 20.1. The van der Waals surface area contributed by atoms with Gasteiger partial charge < -0.3 is 14.9 Å². The van der Waals surface area contributed by atoms with E-state index in [1.807, 2.05) is 18.9 Å². The number of carbonyl (C=O) groups is 1. The molecule has 1 saturated heterocycles. The predicted octanol–water partition coefficient (Wildman–Crippen LogP) is 1.22. The summed E-state index contributed by atoms with van der Waals surface area (Å²) in [6.45, 7) is 4.21. The number of pyridine rings is 1. The van der Waals surface area contributed by atoms with E-state index in [0.29, 0.717) is 6.54 Å². The summed E-state index contributed by atoms with van der Waals surface area (Å²) in [7, 11) is 2.00. The van der Waals surface area contributed by atoms with E-state index in [2.05, 4.69) is 9.88 Å². The van der Waals surface area contributed by atoms with E-state index in [9.17, 15) is 14.9 Å². The van der Waals surface area contributed by atoms with Crippen LogP contribution in [0.25, 0.3) is 0 Å². The van der Waals surface area contributed by atoms with Crippen molar-refractivity contribution in [2.24, 2.45) is 0 Å². The SMILES string of the molecule is CC1CN(C)CCCN1c1nc(C(=O)O)ccc1[N+](=O)[O-]. The van der Waals surface area contributed by atoms with Gasteiger partial charge in [0.2, 0.25) is 5.82 Å². The van der Waals surface area contributed by atoms with Crippen LogP contribution < -0.4 is 4.90 Å². The van der Waals surface area contributed by atoms with Gasteiger partial charge in [0.15, 0.2) is 5.69 Å². The number of hydrogen-bond donors (Lipinski definition) is 1. The maximum absolute atomic E-state index is 11.2. The molecule has 2 heterocycles. The van der Waals surface area contributed by atoms with Gasteiger partial charge in [-0.1, -0.05) is 0 Å². The lowest BCUT2D eigenvalue weighted by Crippen LogP contribution is -2.39. The summed E-state index contributed by atoms with van der Waals surface area (Å²) in [5.74, 6) is -1.05. The molecule has 1 aliphatic rings. The van der Waals surface area contributed by atoms with Gasteiger partial charge in [0, 0.05) is 25.2 Å². The molecule has 0 aromatic carbocycles. The Hall–Kier alpha value is -2.22. The molecule has 8 nitrogen and oxygen atoms in total. The molecule has 1 aromatic rings. The Morgan fingerprint density at radius 2 is 2.19 bits per heavy atom. The summed E-state index contributed by atoms with van der Waals surface area (Å²) in [5, 5.41) is 20.2. The van der Waals surface area contributed by atoms with Gasteiger partial charge in [0.25, 0.3) is 0 Å². The van der Waals surface area contributed by atoms with E-state index in [4.69, 9.17) is 5.11 Å². The zero-order valence-corrected chi connectivity index (χ0v) is 12.0. The Bertz CT molecular complexity index is 563. The fourth-order valence-corrected chi connectivity index (χ4v) is 2.60. The lowest BCUT2D eigenvalue weighted by Gasteiger charge is -2.28. The molecular weight excluding hydrogens is 276 g/mol. The molecule has 1 aromatic heterocycles. The summed E-state index contributed by atoms with van der Waals surface area (Å²) in [6.07, 6.45) is 0.844. The highest BCUT2D eigenvalue weighted by molar-refractivity contribution is 5.86. The van der Waals surface area contributed by atoms with Crippen LogP contribution in [-0.2, 0) is 0 Å². The Morgan fingerprint density at radius 3 is 2.81 bits per heavy atom. The molecule has 1 aliphatic heterocycles. The first-order valence-corrected chi connectivity index (χ1v) is 6.74. The summed E-state index contributed by atoms with van der Waals surface area (Å²) >= 11 is 0. The zero-order valence-electron chi connectivity index (χ0n) is 12.0. The van der Waals surface area contributed by atoms with Crippen LogP contribution in [0.3, 0.4) is 0 Å². The third-order valence-electron chi connectivity index (χ3n) is 3.59. The number of nitrogens with zero attached hydrogens (tertiary/aromatic N) is 4. The average molecular weight is 294 g/mol. The van der Waals surface area contributed by atoms with Crippen LogP contribution in [0, 0.1) is 10.1 Å². The Balaban J connectivity index is 2.46. The minimum absolute atomic E-state index is 0.0211. The largest absolute Gasteiger partial charge is 0.477 e. The van der Waals surface area contributed by atoms with Crippen molar-refractivity contribution in [3.8, 4) is 0 Å². The third kappa shape index (κ3) is 3.27. The number of aromatic carboxylic acids is 1. The predicted molar refractivity (Wildman–Crippen MR) is 76.8 cm³/mol. The Morgan fingerprint density at radius 1 is 1.48 bits per heavy atom. The van der Waals surface area contributed by atoms with Crippen molar-refractivity contribution in [2.75, 3.05) is 31.6 Å². The van der Waals surface area contributed by atoms with E-state index in [1.165, 1.54) is 12.1 Å². The Labute approximate surface area is 122 Å². The number of aromatic nitrogens is 1. The molecule has 0 amide bonds. The van der Waals surface area contributed by atoms with Crippen molar-refractivity contribution >= 4 is 17.5 Å². The second kappa shape index (κ2) is 6.04. The van der Waals surface area contributed by atoms with Crippen molar-refractivity contribution in [3.63, 3.8) is 0 Å². The van der Waals surface area contributed by atoms with Crippen LogP contribution in [0.1, 0.15) is 23.8 Å². The smallest absolute Gasteiger partial charge is 0.354 e. The number of carboxylic acids is 1. The molecular formula is C13H18N4O4. The highest BCUT2D eigenvalue weighted by Gasteiger charge is 2.28. The molecule has 1 fully saturated rings. The Kier molecular flexibility index (Phi) is 4.37. The second-order valence-electron chi connectivity index (χ2n) is 5.26. The van der Waals surface area contributed by atoms with Crippen molar-refractivity contribution in [3.05, 3.63) is 27.9 Å². The van der Waals surface area contributed by atoms with Crippen molar-refractivity contribution in [1.29, 1.82) is 0 Å². The van der Waals surface area contributed by atoms with Gasteiger partial charge in [-0.2, -0.15) is 0 Å². The molecule has 0 bridgehead atoms. The highest BCUT2D eigenvalue weighted by atomic mass is 16.6. The maximum Gasteiger partial charge on any atom is 0.354 e. The molecule has 0 saturated carbocycles. The van der Waals surface area contributed by atoms with E-state index >= 15 is 0 Å². The molecule has 1 atom stereocenters. The first kappa shape index (κ1) is 15.2. The van der Waals surface area contributed by atoms with E-state index in [-0.39, 0.29) is 23.2 Å².